The summed E-state index contributed by atoms with van der Waals surface area (Å²) in [6.07, 6.45) is 7.88. The maximum absolute atomic E-state index is 13.2. The molecule has 0 unspecified atom stereocenters. The minimum atomic E-state index is -3.54. The standard InChI is InChI=1S/C26H29N3O3S2/c30-25(28-26-27-18-23(33-26)16-19-6-2-1-3-7-19)21-12-14-29(15-13-21)34(31,32)24-11-10-20-8-4-5-9-22(20)17-24/h1-3,6-7,10-11,17-18,21H,4-5,8-9,12-16H2,(H,27,28,30). The number of nitrogens with one attached hydrogen (secondary N) is 1. The van der Waals surface area contributed by atoms with Crippen molar-refractivity contribution in [1.82, 2.24) is 9.29 Å². The molecular weight excluding hydrogens is 466 g/mol. The minimum absolute atomic E-state index is 0.0774. The van der Waals surface area contributed by atoms with Crippen molar-refractivity contribution >= 4 is 32.4 Å². The lowest BCUT2D eigenvalue weighted by Crippen LogP contribution is -2.41. The average molecular weight is 496 g/mol. The number of carbonyl (C=O) groups is 1. The van der Waals surface area contributed by atoms with Crippen LogP contribution in [0.2, 0.25) is 0 Å². The third-order valence-electron chi connectivity index (χ3n) is 6.79. The largest absolute Gasteiger partial charge is 0.302 e. The summed E-state index contributed by atoms with van der Waals surface area (Å²) in [6, 6.07) is 15.7. The van der Waals surface area contributed by atoms with E-state index in [4.69, 9.17) is 0 Å². The van der Waals surface area contributed by atoms with E-state index in [9.17, 15) is 13.2 Å². The highest BCUT2D eigenvalue weighted by molar-refractivity contribution is 7.89. The van der Waals surface area contributed by atoms with Crippen molar-refractivity contribution in [2.24, 2.45) is 5.92 Å². The molecule has 0 spiro atoms. The molecule has 1 aliphatic carbocycles. The number of sulfonamides is 1. The Morgan fingerprint density at radius 1 is 1.03 bits per heavy atom. The molecule has 5 rings (SSSR count). The Bertz CT molecular complexity index is 1260. The van der Waals surface area contributed by atoms with Gasteiger partial charge in [-0.05, 0) is 67.3 Å². The summed E-state index contributed by atoms with van der Waals surface area (Å²) < 4.78 is 28.0. The van der Waals surface area contributed by atoms with E-state index in [2.05, 4.69) is 22.4 Å². The van der Waals surface area contributed by atoms with Crippen LogP contribution in [-0.4, -0.2) is 36.7 Å². The molecule has 0 atom stereocenters. The fraction of sp³-hybridized carbons (Fsp3) is 0.385. The van der Waals surface area contributed by atoms with Gasteiger partial charge in [0.05, 0.1) is 4.90 Å². The predicted molar refractivity (Wildman–Crippen MR) is 135 cm³/mol. The van der Waals surface area contributed by atoms with E-state index in [0.29, 0.717) is 36.0 Å². The Morgan fingerprint density at radius 2 is 1.76 bits per heavy atom. The van der Waals surface area contributed by atoms with Crippen LogP contribution < -0.4 is 5.32 Å². The van der Waals surface area contributed by atoms with Crippen LogP contribution in [-0.2, 0) is 34.1 Å². The number of rotatable bonds is 6. The lowest BCUT2D eigenvalue weighted by molar-refractivity contribution is -0.120. The number of carbonyl (C=O) groups excluding carboxylic acids is 1. The monoisotopic (exact) mass is 495 g/mol. The second kappa shape index (κ2) is 9.98. The number of piperidine rings is 1. The Balaban J connectivity index is 1.17. The maximum atomic E-state index is 13.2. The number of hydrogen-bond donors (Lipinski definition) is 1. The summed E-state index contributed by atoms with van der Waals surface area (Å²) in [7, 11) is -3.54. The molecule has 178 valence electrons. The molecule has 1 aliphatic heterocycles. The highest BCUT2D eigenvalue weighted by atomic mass is 32.2. The van der Waals surface area contributed by atoms with Gasteiger partial charge in [-0.1, -0.05) is 36.4 Å². The van der Waals surface area contributed by atoms with Gasteiger partial charge < -0.3 is 5.32 Å². The molecule has 1 aromatic heterocycles. The highest BCUT2D eigenvalue weighted by Crippen LogP contribution is 2.29. The van der Waals surface area contributed by atoms with Crippen molar-refractivity contribution in [3.05, 3.63) is 76.3 Å². The van der Waals surface area contributed by atoms with Crippen molar-refractivity contribution < 1.29 is 13.2 Å². The topological polar surface area (TPSA) is 79.4 Å². The summed E-state index contributed by atoms with van der Waals surface area (Å²) in [5.41, 5.74) is 3.64. The molecule has 0 radical (unpaired) electrons. The van der Waals surface area contributed by atoms with E-state index in [0.717, 1.165) is 36.1 Å². The van der Waals surface area contributed by atoms with Gasteiger partial charge in [-0.3, -0.25) is 4.79 Å². The molecule has 6 nitrogen and oxygen atoms in total. The summed E-state index contributed by atoms with van der Waals surface area (Å²) in [5, 5.41) is 3.53. The molecule has 34 heavy (non-hydrogen) atoms. The number of anilines is 1. The van der Waals surface area contributed by atoms with E-state index in [1.807, 2.05) is 30.3 Å². The SMILES string of the molecule is O=C(Nc1ncc(Cc2ccccc2)s1)C1CCN(S(=O)(=O)c2ccc3c(c2)CCCC3)CC1. The summed E-state index contributed by atoms with van der Waals surface area (Å²) in [4.78, 5) is 18.6. The summed E-state index contributed by atoms with van der Waals surface area (Å²) in [6.45, 7) is 0.712. The Morgan fingerprint density at radius 3 is 2.53 bits per heavy atom. The number of hydrogen-bond acceptors (Lipinski definition) is 5. The molecule has 2 heterocycles. The number of amides is 1. The molecule has 0 bridgehead atoms. The molecular formula is C26H29N3O3S2. The van der Waals surface area contributed by atoms with Crippen LogP contribution in [0.3, 0.4) is 0 Å². The van der Waals surface area contributed by atoms with E-state index in [1.165, 1.54) is 33.2 Å². The Kier molecular flexibility index (Phi) is 6.81. The molecule has 1 amide bonds. The second-order valence-corrected chi connectivity index (χ2v) is 12.2. The van der Waals surface area contributed by atoms with Gasteiger partial charge >= 0.3 is 0 Å². The van der Waals surface area contributed by atoms with Gasteiger partial charge in [0.25, 0.3) is 0 Å². The van der Waals surface area contributed by atoms with Gasteiger partial charge in [0.1, 0.15) is 0 Å². The number of aromatic nitrogens is 1. The number of nitrogens with zero attached hydrogens (tertiary/aromatic N) is 2. The van der Waals surface area contributed by atoms with Crippen LogP contribution in [0.5, 0.6) is 0 Å². The van der Waals surface area contributed by atoms with E-state index < -0.39 is 10.0 Å². The second-order valence-electron chi connectivity index (χ2n) is 9.10. The predicted octanol–water partition coefficient (Wildman–Crippen LogP) is 4.65. The zero-order chi connectivity index (χ0) is 23.5. The number of fused-ring (bicyclic) bond motifs is 1. The Hall–Kier alpha value is -2.55. The fourth-order valence-corrected chi connectivity index (χ4v) is 7.20. The lowest BCUT2D eigenvalue weighted by atomic mass is 9.92. The first-order valence-electron chi connectivity index (χ1n) is 11.9. The van der Waals surface area contributed by atoms with E-state index >= 15 is 0 Å². The van der Waals surface area contributed by atoms with Crippen LogP contribution in [0.25, 0.3) is 0 Å². The van der Waals surface area contributed by atoms with E-state index in [1.54, 1.807) is 12.3 Å². The van der Waals surface area contributed by atoms with Crippen molar-refractivity contribution in [2.45, 2.75) is 49.8 Å². The van der Waals surface area contributed by atoms with Gasteiger partial charge in [-0.25, -0.2) is 13.4 Å². The van der Waals surface area contributed by atoms with Crippen molar-refractivity contribution in [3.8, 4) is 0 Å². The number of benzene rings is 2. The highest BCUT2D eigenvalue weighted by Gasteiger charge is 2.32. The lowest BCUT2D eigenvalue weighted by Gasteiger charge is -2.30. The Labute approximate surface area is 205 Å². The van der Waals surface area contributed by atoms with Crippen molar-refractivity contribution in [1.29, 1.82) is 0 Å². The van der Waals surface area contributed by atoms with Gasteiger partial charge in [-0.15, -0.1) is 11.3 Å². The molecule has 8 heteroatoms. The zero-order valence-corrected chi connectivity index (χ0v) is 20.7. The first-order valence-corrected chi connectivity index (χ1v) is 14.2. The molecule has 1 fully saturated rings. The van der Waals surface area contributed by atoms with Crippen LogP contribution >= 0.6 is 11.3 Å². The van der Waals surface area contributed by atoms with Crippen LogP contribution in [0.1, 0.15) is 47.3 Å². The van der Waals surface area contributed by atoms with Gasteiger partial charge in [0.15, 0.2) is 5.13 Å². The quantitative estimate of drug-likeness (QED) is 0.540. The molecule has 2 aliphatic rings. The number of aryl methyl sites for hydroxylation is 2. The van der Waals surface area contributed by atoms with Gasteiger partial charge in [0.2, 0.25) is 15.9 Å². The van der Waals surface area contributed by atoms with Gasteiger partial charge in [-0.2, -0.15) is 4.31 Å². The van der Waals surface area contributed by atoms with Crippen LogP contribution in [0.4, 0.5) is 5.13 Å². The zero-order valence-electron chi connectivity index (χ0n) is 19.1. The molecule has 0 saturated carbocycles. The van der Waals surface area contributed by atoms with Crippen LogP contribution in [0.15, 0.2) is 59.6 Å². The minimum Gasteiger partial charge on any atom is -0.302 e. The van der Waals surface area contributed by atoms with Gasteiger partial charge in [0, 0.05) is 36.5 Å². The third-order valence-corrected chi connectivity index (χ3v) is 9.59. The normalized spacial score (nSPS) is 17.3. The van der Waals surface area contributed by atoms with Crippen LogP contribution in [0, 0.1) is 5.92 Å². The van der Waals surface area contributed by atoms with E-state index in [-0.39, 0.29) is 11.8 Å². The molecule has 3 aromatic rings. The molecule has 1 N–H and O–H groups in total. The maximum Gasteiger partial charge on any atom is 0.243 e. The molecule has 1 saturated heterocycles. The first-order chi connectivity index (χ1) is 16.5. The summed E-state index contributed by atoms with van der Waals surface area (Å²) in [5.74, 6) is -0.289. The first kappa shape index (κ1) is 23.2. The van der Waals surface area contributed by atoms with Crippen molar-refractivity contribution in [2.75, 3.05) is 18.4 Å². The average Bonchev–Trinajstić information content (AvgIpc) is 3.30. The smallest absolute Gasteiger partial charge is 0.243 e. The third kappa shape index (κ3) is 5.09. The molecule has 2 aromatic carbocycles. The number of thiazole rings is 1. The summed E-state index contributed by atoms with van der Waals surface area (Å²) >= 11 is 1.48. The fourth-order valence-electron chi connectivity index (χ4n) is 4.83. The van der Waals surface area contributed by atoms with Crippen molar-refractivity contribution in [3.63, 3.8) is 0 Å².